The second-order valence-corrected chi connectivity index (χ2v) is 6.30. The number of aromatic nitrogens is 2. The minimum atomic E-state index is -3.82. The SMILES string of the molecule is CC(=O)O[C@@H](C)[C@H]1O[C@@H](n2ccc(NC(C)O)nc2=O)C(F)(F)[C@@H]1OC(C)=O. The van der Waals surface area contributed by atoms with E-state index in [2.05, 4.69) is 10.3 Å². The van der Waals surface area contributed by atoms with Crippen LogP contribution in [0.5, 0.6) is 0 Å². The van der Waals surface area contributed by atoms with Gasteiger partial charge in [-0.2, -0.15) is 13.8 Å². The second kappa shape index (κ2) is 8.19. The zero-order chi connectivity index (χ0) is 21.2. The first-order valence-corrected chi connectivity index (χ1v) is 8.35. The van der Waals surface area contributed by atoms with Crippen LogP contribution in [0.2, 0.25) is 0 Å². The fourth-order valence-electron chi connectivity index (χ4n) is 2.82. The predicted molar refractivity (Wildman–Crippen MR) is 89.4 cm³/mol. The lowest BCUT2D eigenvalue weighted by Gasteiger charge is -2.25. The Hall–Kier alpha value is -2.60. The molecule has 1 aliphatic heterocycles. The summed E-state index contributed by atoms with van der Waals surface area (Å²) in [6.45, 7) is 4.72. The highest BCUT2D eigenvalue weighted by atomic mass is 19.3. The third-order valence-electron chi connectivity index (χ3n) is 3.84. The van der Waals surface area contributed by atoms with Gasteiger partial charge in [0.05, 0.1) is 0 Å². The number of rotatable bonds is 6. The molecule has 0 aromatic carbocycles. The van der Waals surface area contributed by atoms with Crippen LogP contribution >= 0.6 is 0 Å². The fraction of sp³-hybridized carbons (Fsp3) is 0.625. The van der Waals surface area contributed by atoms with E-state index in [1.807, 2.05) is 0 Å². The van der Waals surface area contributed by atoms with Crippen molar-refractivity contribution in [3.8, 4) is 0 Å². The molecule has 0 bridgehead atoms. The number of esters is 2. The molecule has 12 heteroatoms. The summed E-state index contributed by atoms with van der Waals surface area (Å²) < 4.78 is 45.4. The summed E-state index contributed by atoms with van der Waals surface area (Å²) in [7, 11) is 0. The molecule has 2 N–H and O–H groups in total. The smallest absolute Gasteiger partial charge is 0.351 e. The molecule has 1 aliphatic rings. The van der Waals surface area contributed by atoms with Gasteiger partial charge >= 0.3 is 23.6 Å². The number of carbonyl (C=O) groups is 2. The Bertz CT molecular complexity index is 799. The zero-order valence-corrected chi connectivity index (χ0v) is 15.6. The molecule has 28 heavy (non-hydrogen) atoms. The highest BCUT2D eigenvalue weighted by molar-refractivity contribution is 5.67. The summed E-state index contributed by atoms with van der Waals surface area (Å²) in [5.74, 6) is -5.58. The number of nitrogens with zero attached hydrogens (tertiary/aromatic N) is 2. The largest absolute Gasteiger partial charge is 0.460 e. The van der Waals surface area contributed by atoms with Crippen LogP contribution in [0.25, 0.3) is 0 Å². The molecular weight excluding hydrogens is 384 g/mol. The van der Waals surface area contributed by atoms with E-state index in [0.29, 0.717) is 4.57 Å². The van der Waals surface area contributed by atoms with Crippen LogP contribution in [0.1, 0.15) is 33.9 Å². The first kappa shape index (κ1) is 21.7. The average molecular weight is 405 g/mol. The summed E-state index contributed by atoms with van der Waals surface area (Å²) in [5.41, 5.74) is -1.09. The molecule has 1 fully saturated rings. The van der Waals surface area contributed by atoms with Gasteiger partial charge in [-0.3, -0.25) is 14.2 Å². The number of aliphatic hydroxyl groups excluding tert-OH is 1. The molecule has 156 valence electrons. The Morgan fingerprint density at radius 3 is 2.50 bits per heavy atom. The highest BCUT2D eigenvalue weighted by Gasteiger charge is 2.64. The maximum absolute atomic E-state index is 15.0. The van der Waals surface area contributed by atoms with Gasteiger partial charge in [0.25, 0.3) is 0 Å². The molecule has 0 spiro atoms. The standard InChI is InChI=1S/C16H21F2N3O7/c1-7(26-9(3)23)12-13(27-10(4)24)16(17,18)14(28-12)21-6-5-11(19-8(2)22)20-15(21)25/h5-8,12-14,22H,1-4H3,(H,19,20,25)/t7-,8?,12+,13+,14+/m0/s1. The zero-order valence-electron chi connectivity index (χ0n) is 15.6. The summed E-state index contributed by atoms with van der Waals surface area (Å²) >= 11 is 0. The lowest BCUT2D eigenvalue weighted by atomic mass is 10.1. The Morgan fingerprint density at radius 1 is 1.36 bits per heavy atom. The minimum absolute atomic E-state index is 0.0288. The maximum atomic E-state index is 15.0. The van der Waals surface area contributed by atoms with Gasteiger partial charge in [-0.05, 0) is 19.9 Å². The van der Waals surface area contributed by atoms with Crippen molar-refractivity contribution < 1.29 is 37.7 Å². The van der Waals surface area contributed by atoms with E-state index in [-0.39, 0.29) is 5.82 Å². The number of alkyl halides is 2. The fourth-order valence-corrected chi connectivity index (χ4v) is 2.82. The van der Waals surface area contributed by atoms with E-state index in [4.69, 9.17) is 14.2 Å². The Balaban J connectivity index is 2.40. The molecule has 1 aromatic heterocycles. The van der Waals surface area contributed by atoms with E-state index in [1.54, 1.807) is 0 Å². The van der Waals surface area contributed by atoms with Crippen molar-refractivity contribution in [1.29, 1.82) is 0 Å². The third kappa shape index (κ3) is 4.62. The van der Waals surface area contributed by atoms with Gasteiger partial charge in [0.15, 0.2) is 6.10 Å². The molecule has 1 aromatic rings. The van der Waals surface area contributed by atoms with Crippen LogP contribution in [0.15, 0.2) is 17.1 Å². The number of anilines is 1. The number of ether oxygens (including phenoxy) is 3. The Labute approximate surface area is 158 Å². The molecule has 2 rings (SSSR count). The van der Waals surface area contributed by atoms with Gasteiger partial charge < -0.3 is 24.6 Å². The molecular formula is C16H21F2N3O7. The van der Waals surface area contributed by atoms with Gasteiger partial charge in [-0.25, -0.2) is 4.79 Å². The number of hydrogen-bond donors (Lipinski definition) is 2. The van der Waals surface area contributed by atoms with E-state index in [0.717, 1.165) is 20.0 Å². The lowest BCUT2D eigenvalue weighted by Crippen LogP contribution is -2.46. The van der Waals surface area contributed by atoms with Gasteiger partial charge in [0, 0.05) is 20.0 Å². The van der Waals surface area contributed by atoms with Crippen LogP contribution in [-0.4, -0.2) is 57.1 Å². The van der Waals surface area contributed by atoms with Crippen LogP contribution in [0.4, 0.5) is 14.6 Å². The average Bonchev–Trinajstić information content (AvgIpc) is 2.77. The molecule has 1 saturated heterocycles. The number of nitrogens with one attached hydrogen (secondary N) is 1. The molecule has 1 unspecified atom stereocenters. The number of aliphatic hydroxyl groups is 1. The van der Waals surface area contributed by atoms with E-state index >= 15 is 0 Å². The van der Waals surface area contributed by atoms with Gasteiger partial charge in [-0.1, -0.05) is 0 Å². The topological polar surface area (TPSA) is 129 Å². The maximum Gasteiger partial charge on any atom is 0.351 e. The van der Waals surface area contributed by atoms with Crippen molar-refractivity contribution in [2.75, 3.05) is 5.32 Å². The Kier molecular flexibility index (Phi) is 6.34. The van der Waals surface area contributed by atoms with Crippen molar-refractivity contribution in [3.05, 3.63) is 22.7 Å². The molecule has 2 heterocycles. The molecule has 0 saturated carbocycles. The van der Waals surface area contributed by atoms with Crippen molar-refractivity contribution in [2.24, 2.45) is 0 Å². The number of hydrogen-bond acceptors (Lipinski definition) is 9. The molecule has 0 aliphatic carbocycles. The van der Waals surface area contributed by atoms with Crippen LogP contribution < -0.4 is 11.0 Å². The minimum Gasteiger partial charge on any atom is -0.460 e. The summed E-state index contributed by atoms with van der Waals surface area (Å²) in [6, 6.07) is 1.19. The summed E-state index contributed by atoms with van der Waals surface area (Å²) in [4.78, 5) is 38.2. The quantitative estimate of drug-likeness (QED) is 0.511. The van der Waals surface area contributed by atoms with Crippen molar-refractivity contribution in [3.63, 3.8) is 0 Å². The molecule has 0 radical (unpaired) electrons. The van der Waals surface area contributed by atoms with Crippen molar-refractivity contribution in [1.82, 2.24) is 9.55 Å². The lowest BCUT2D eigenvalue weighted by molar-refractivity contribution is -0.176. The predicted octanol–water partition coefficient (Wildman–Crippen LogP) is 0.409. The molecule has 5 atom stereocenters. The molecule has 10 nitrogen and oxygen atoms in total. The van der Waals surface area contributed by atoms with E-state index in [1.165, 1.54) is 19.9 Å². The normalized spacial score (nSPS) is 25.6. The van der Waals surface area contributed by atoms with Crippen LogP contribution in [0, 0.1) is 0 Å². The first-order valence-electron chi connectivity index (χ1n) is 8.35. The van der Waals surface area contributed by atoms with Gasteiger partial charge in [0.1, 0.15) is 24.3 Å². The molecule has 0 amide bonds. The third-order valence-corrected chi connectivity index (χ3v) is 3.84. The second-order valence-electron chi connectivity index (χ2n) is 6.30. The van der Waals surface area contributed by atoms with E-state index in [9.17, 15) is 28.3 Å². The monoisotopic (exact) mass is 405 g/mol. The first-order chi connectivity index (χ1) is 12.9. The number of halogens is 2. The van der Waals surface area contributed by atoms with Crippen molar-refractivity contribution in [2.45, 2.75) is 64.4 Å². The van der Waals surface area contributed by atoms with Crippen LogP contribution in [-0.2, 0) is 23.8 Å². The van der Waals surface area contributed by atoms with Crippen molar-refractivity contribution >= 4 is 17.8 Å². The van der Waals surface area contributed by atoms with Crippen LogP contribution in [0.3, 0.4) is 0 Å². The number of carbonyl (C=O) groups excluding carboxylic acids is 2. The van der Waals surface area contributed by atoms with E-state index < -0.39 is 54.3 Å². The van der Waals surface area contributed by atoms with Gasteiger partial charge in [0.2, 0.25) is 6.23 Å². The summed E-state index contributed by atoms with van der Waals surface area (Å²) in [5, 5.41) is 11.7. The summed E-state index contributed by atoms with van der Waals surface area (Å²) in [6.07, 6.45) is -6.96. The Morgan fingerprint density at radius 2 is 2.00 bits per heavy atom. The highest BCUT2D eigenvalue weighted by Crippen LogP contribution is 2.45. The van der Waals surface area contributed by atoms with Gasteiger partial charge in [-0.15, -0.1) is 0 Å².